The smallest absolute Gasteiger partial charge is 0.349 e. The highest BCUT2D eigenvalue weighted by Gasteiger charge is 2.53. The fourth-order valence-corrected chi connectivity index (χ4v) is 14.4. The highest BCUT2D eigenvalue weighted by molar-refractivity contribution is 7.88. The number of likely N-dealkylation sites (tertiary alicyclic amines) is 1. The third-order valence-electron chi connectivity index (χ3n) is 14.7. The molecule has 1 saturated carbocycles. The number of halogens is 1. The number of hydrogen-bond donors (Lipinski definition) is 5. The molecule has 17 nitrogen and oxygen atoms in total. The number of urea groups is 1. The summed E-state index contributed by atoms with van der Waals surface area (Å²) in [5.74, 6) is -5.76. The van der Waals surface area contributed by atoms with Crippen molar-refractivity contribution in [1.82, 2.24) is 14.5 Å². The van der Waals surface area contributed by atoms with Crippen molar-refractivity contribution in [2.45, 2.75) is 82.2 Å². The molecule has 5 amide bonds. The number of carbonyl (C=O) groups excluding carboxylic acids is 4. The number of benzene rings is 4. The first-order valence-electron chi connectivity index (χ1n) is 23.5. The minimum atomic E-state index is -3.84. The zero-order valence-electron chi connectivity index (χ0n) is 38.8. The number of fused-ring (bicyclic) bond motifs is 3. The number of aromatic carboxylic acids is 1. The number of hydrogen-bond acceptors (Lipinski definition) is 11. The van der Waals surface area contributed by atoms with Gasteiger partial charge < -0.3 is 30.5 Å². The molecule has 0 spiro atoms. The van der Waals surface area contributed by atoms with Crippen molar-refractivity contribution < 1.29 is 56.5 Å². The van der Waals surface area contributed by atoms with Crippen molar-refractivity contribution in [2.75, 3.05) is 41.8 Å². The summed E-state index contributed by atoms with van der Waals surface area (Å²) in [5, 5.41) is 29.3. The van der Waals surface area contributed by atoms with Crippen molar-refractivity contribution in [3.8, 4) is 16.2 Å². The quantitative estimate of drug-likeness (QED) is 0.0723. The Labute approximate surface area is 412 Å². The molecular weight excluding hydrogens is 956 g/mol. The highest BCUT2D eigenvalue weighted by atomic mass is 32.2. The fourth-order valence-electron chi connectivity index (χ4n) is 11.4. The van der Waals surface area contributed by atoms with E-state index >= 15 is 4.39 Å². The Morgan fingerprint density at radius 3 is 2.42 bits per heavy atom. The molecule has 11 rings (SSSR count). The summed E-state index contributed by atoms with van der Waals surface area (Å²) in [6.45, 7) is 4.45. The largest absolute Gasteiger partial charge is 0.479 e. The van der Waals surface area contributed by atoms with Gasteiger partial charge in [-0.1, -0.05) is 56.3 Å². The molecular formula is C51H51FN6O11S2. The average Bonchev–Trinajstić information content (AvgIpc) is 3.81. The van der Waals surface area contributed by atoms with Crippen molar-refractivity contribution in [3.05, 3.63) is 106 Å². The third kappa shape index (κ3) is 8.96. The number of rotatable bonds is 13. The zero-order valence-corrected chi connectivity index (χ0v) is 40.4. The van der Waals surface area contributed by atoms with E-state index in [-0.39, 0.29) is 77.2 Å². The van der Waals surface area contributed by atoms with Crippen molar-refractivity contribution in [2.24, 2.45) is 11.3 Å². The number of carboxylic acid groups (broad SMARTS) is 2. The second kappa shape index (κ2) is 18.4. The van der Waals surface area contributed by atoms with Crippen molar-refractivity contribution in [3.63, 3.8) is 0 Å². The average molecular weight is 1010 g/mol. The van der Waals surface area contributed by atoms with E-state index in [2.05, 4.69) is 29.8 Å². The standard InChI is InChI=1S/C51H51FN6O11S2/c1-51(2)23-30-24-57(39(51)22-36(30)53-32-9-4-7-29(21-32)45-43(52)44(69-25-41(60)61)46(70-45)49(64)65)71(67,68)26-27-6-3-8-31(20-27)54-50(66)56-18-16-28(17-19-56)33-12-13-37-42-34(33)10-5-11-35(42)48(63)58(37)38-14-15-40(59)55-47(38)62/h3-13,20-21,28,30,36,38-39,53H,14-19,22-26H2,1-2H3,(H,54,66)(H,60,61)(H,64,65)(H,55,59,62). The van der Waals surface area contributed by atoms with E-state index in [1.54, 1.807) is 63.8 Å². The normalized spacial score (nSPS) is 22.2. The van der Waals surface area contributed by atoms with Crippen LogP contribution in [0.25, 0.3) is 21.2 Å². The number of imide groups is 1. The van der Waals surface area contributed by atoms with Crippen LogP contribution in [0.3, 0.4) is 0 Å². The second-order valence-electron chi connectivity index (χ2n) is 19.7. The summed E-state index contributed by atoms with van der Waals surface area (Å²) in [7, 11) is -3.84. The SMILES string of the molecule is CC1(C)CC2CN(S(=O)(=O)Cc3cccc(NC(=O)N4CCC(c5ccc6c7c(cccc57)C(=O)N6C5CCC(=O)NC5=O)CC4)c3)C1CC2Nc1cccc(-c2sc(C(=O)O)c(OCC(=O)O)c2F)c1. The molecule has 71 heavy (non-hydrogen) atoms. The lowest BCUT2D eigenvalue weighted by atomic mass is 9.63. The van der Waals surface area contributed by atoms with Crippen LogP contribution in [0.1, 0.15) is 89.4 Å². The first-order chi connectivity index (χ1) is 33.9. The van der Waals surface area contributed by atoms with E-state index in [0.717, 1.165) is 22.8 Å². The Balaban J connectivity index is 0.769. The number of nitrogens with one attached hydrogen (secondary N) is 3. The van der Waals surface area contributed by atoms with E-state index < -0.39 is 57.0 Å². The Morgan fingerprint density at radius 1 is 0.944 bits per heavy atom. The lowest BCUT2D eigenvalue weighted by Gasteiger charge is -2.57. The fraction of sp³-hybridized carbons (Fsp3) is 0.373. The maximum absolute atomic E-state index is 15.5. The number of thiophene rings is 1. The van der Waals surface area contributed by atoms with Gasteiger partial charge in [0.2, 0.25) is 21.8 Å². The first kappa shape index (κ1) is 47.8. The number of nitrogens with zero attached hydrogens (tertiary/aromatic N) is 3. The molecule has 5 aliphatic heterocycles. The van der Waals surface area contributed by atoms with Crippen LogP contribution in [0.15, 0.2) is 78.9 Å². The van der Waals surface area contributed by atoms with Gasteiger partial charge in [-0.3, -0.25) is 24.6 Å². The zero-order chi connectivity index (χ0) is 50.1. The number of ether oxygens (including phenoxy) is 1. The molecule has 5 aromatic rings. The molecule has 1 aliphatic carbocycles. The van der Waals surface area contributed by atoms with Gasteiger partial charge in [0, 0.05) is 60.5 Å². The monoisotopic (exact) mass is 1010 g/mol. The summed E-state index contributed by atoms with van der Waals surface area (Å²) < 4.78 is 50.8. The van der Waals surface area contributed by atoms with Crippen LogP contribution < -0.4 is 25.6 Å². The van der Waals surface area contributed by atoms with Crippen LogP contribution in [0.5, 0.6) is 5.75 Å². The predicted octanol–water partition coefficient (Wildman–Crippen LogP) is 7.48. The molecule has 6 heterocycles. The lowest BCUT2D eigenvalue weighted by molar-refractivity contribution is -0.139. The number of carboxylic acids is 2. The van der Waals surface area contributed by atoms with Crippen LogP contribution in [0.2, 0.25) is 0 Å². The second-order valence-corrected chi connectivity index (χ2v) is 22.6. The number of piperidine rings is 4. The summed E-state index contributed by atoms with van der Waals surface area (Å²) in [4.78, 5) is 77.7. The number of anilines is 3. The number of aliphatic carboxylic acids is 1. The Bertz CT molecular complexity index is 3170. The summed E-state index contributed by atoms with van der Waals surface area (Å²) in [6, 6.07) is 21.6. The molecule has 4 atom stereocenters. The van der Waals surface area contributed by atoms with E-state index in [9.17, 15) is 42.3 Å². The van der Waals surface area contributed by atoms with Crippen LogP contribution in [-0.2, 0) is 30.2 Å². The van der Waals surface area contributed by atoms with E-state index in [0.29, 0.717) is 77.4 Å². The predicted molar refractivity (Wildman–Crippen MR) is 263 cm³/mol. The number of sulfonamides is 1. The minimum Gasteiger partial charge on any atom is -0.479 e. The first-order valence-corrected chi connectivity index (χ1v) is 25.9. The number of carbonyl (C=O) groups is 6. The van der Waals surface area contributed by atoms with E-state index in [4.69, 9.17) is 9.84 Å². The molecule has 5 N–H and O–H groups in total. The molecule has 2 bridgehead atoms. The van der Waals surface area contributed by atoms with Gasteiger partial charge in [0.15, 0.2) is 23.1 Å². The maximum atomic E-state index is 15.5. The van der Waals surface area contributed by atoms with Crippen molar-refractivity contribution >= 4 is 84.9 Å². The summed E-state index contributed by atoms with van der Waals surface area (Å²) >= 11 is 0.646. The van der Waals surface area contributed by atoms with Crippen LogP contribution >= 0.6 is 11.3 Å². The van der Waals surface area contributed by atoms with E-state index in [1.807, 2.05) is 24.3 Å². The van der Waals surface area contributed by atoms with E-state index in [1.165, 1.54) is 4.90 Å². The maximum Gasteiger partial charge on any atom is 0.349 e. The van der Waals surface area contributed by atoms with Crippen molar-refractivity contribution in [1.29, 1.82) is 0 Å². The molecule has 370 valence electrons. The molecule has 4 saturated heterocycles. The van der Waals surface area contributed by atoms with Gasteiger partial charge in [0.05, 0.1) is 16.3 Å². The van der Waals surface area contributed by atoms with Gasteiger partial charge in [-0.15, -0.1) is 11.3 Å². The minimum absolute atomic E-state index is 0.0192. The molecule has 6 aliphatic rings. The molecule has 1 aromatic heterocycles. The van der Waals surface area contributed by atoms with Gasteiger partial charge in [-0.2, -0.15) is 4.31 Å². The molecule has 4 unspecified atom stereocenters. The summed E-state index contributed by atoms with van der Waals surface area (Å²) in [6.07, 6.45) is 3.00. The topological polar surface area (TPSA) is 232 Å². The highest BCUT2D eigenvalue weighted by Crippen LogP contribution is 2.50. The molecule has 4 aromatic carbocycles. The Hall–Kier alpha value is -6.90. The Kier molecular flexibility index (Phi) is 12.4. The van der Waals surface area contributed by atoms with Crippen LogP contribution in [0.4, 0.5) is 26.2 Å². The third-order valence-corrected chi connectivity index (χ3v) is 17.7. The Morgan fingerprint density at radius 2 is 1.69 bits per heavy atom. The summed E-state index contributed by atoms with van der Waals surface area (Å²) in [5.41, 5.74) is 3.89. The number of amides is 5. The molecule has 5 fully saturated rings. The molecule has 20 heteroatoms. The van der Waals surface area contributed by atoms with Crippen LogP contribution in [0, 0.1) is 17.2 Å². The molecule has 0 radical (unpaired) electrons. The van der Waals surface area contributed by atoms with Gasteiger partial charge >= 0.3 is 18.0 Å². The van der Waals surface area contributed by atoms with Gasteiger partial charge in [0.25, 0.3) is 5.91 Å². The van der Waals surface area contributed by atoms with Crippen LogP contribution in [-0.4, -0.2) is 108 Å². The van der Waals surface area contributed by atoms with Gasteiger partial charge in [-0.25, -0.2) is 27.2 Å². The van der Waals surface area contributed by atoms with Gasteiger partial charge in [0.1, 0.15) is 6.04 Å². The lowest BCUT2D eigenvalue weighted by Crippen LogP contribution is -2.64. The van der Waals surface area contributed by atoms with Gasteiger partial charge in [-0.05, 0) is 108 Å².